The first kappa shape index (κ1) is 11.1. The van der Waals surface area contributed by atoms with Gasteiger partial charge in [0.15, 0.2) is 5.78 Å². The lowest BCUT2D eigenvalue weighted by atomic mass is 10.2. The Morgan fingerprint density at radius 1 is 1.53 bits per heavy atom. The highest BCUT2D eigenvalue weighted by molar-refractivity contribution is 6.03. The van der Waals surface area contributed by atoms with Gasteiger partial charge in [-0.1, -0.05) is 0 Å². The number of hydrogen-bond donors (Lipinski definition) is 1. The molecule has 0 aliphatic rings. The van der Waals surface area contributed by atoms with Crippen molar-refractivity contribution in [2.75, 3.05) is 12.3 Å². The summed E-state index contributed by atoms with van der Waals surface area (Å²) in [7, 11) is 0. The maximum Gasteiger partial charge on any atom is 0.342 e. The molecule has 6 nitrogen and oxygen atoms in total. The molecule has 1 aromatic rings. The first-order chi connectivity index (χ1) is 7.06. The minimum absolute atomic E-state index is 0.0130. The molecule has 6 heteroatoms. The molecule has 0 spiro atoms. The molecule has 0 bridgehead atoms. The Kier molecular flexibility index (Phi) is 3.33. The molecule has 1 rings (SSSR count). The average Bonchev–Trinajstić information content (AvgIpc) is 2.17. The van der Waals surface area contributed by atoms with Crippen LogP contribution in [-0.4, -0.2) is 28.3 Å². The number of nitrogens with zero attached hydrogens (tertiary/aromatic N) is 2. The summed E-state index contributed by atoms with van der Waals surface area (Å²) in [6.07, 6.45) is 1.19. The fourth-order valence-corrected chi connectivity index (χ4v) is 1.02. The molecule has 1 heterocycles. The number of nitrogen functional groups attached to an aromatic ring is 1. The van der Waals surface area contributed by atoms with Crippen LogP contribution in [0, 0.1) is 0 Å². The summed E-state index contributed by atoms with van der Waals surface area (Å²) in [5, 5.41) is 0. The zero-order chi connectivity index (χ0) is 11.4. The molecule has 0 unspecified atom stereocenters. The van der Waals surface area contributed by atoms with Crippen molar-refractivity contribution in [3.8, 4) is 0 Å². The smallest absolute Gasteiger partial charge is 0.342 e. The highest BCUT2D eigenvalue weighted by atomic mass is 16.5. The van der Waals surface area contributed by atoms with Crippen molar-refractivity contribution < 1.29 is 14.3 Å². The number of carbonyl (C=O) groups is 2. The molecule has 0 saturated carbocycles. The molecule has 2 N–H and O–H groups in total. The fourth-order valence-electron chi connectivity index (χ4n) is 1.02. The lowest BCUT2D eigenvalue weighted by Crippen LogP contribution is -2.14. The van der Waals surface area contributed by atoms with Gasteiger partial charge in [-0.2, -0.15) is 0 Å². The van der Waals surface area contributed by atoms with Gasteiger partial charge in [-0.05, 0) is 6.92 Å². The van der Waals surface area contributed by atoms with Crippen molar-refractivity contribution in [1.29, 1.82) is 0 Å². The molecule has 1 aromatic heterocycles. The Labute approximate surface area is 86.5 Å². The van der Waals surface area contributed by atoms with Crippen LogP contribution in [-0.2, 0) is 4.74 Å². The lowest BCUT2D eigenvalue weighted by molar-refractivity contribution is 0.0522. The van der Waals surface area contributed by atoms with Crippen LogP contribution in [0.2, 0.25) is 0 Å². The molecule has 0 saturated heterocycles. The number of Topliss-reactive ketones (excluding diaryl/α,β-unsaturated/α-hetero) is 1. The van der Waals surface area contributed by atoms with Gasteiger partial charge in [0, 0.05) is 13.1 Å². The van der Waals surface area contributed by atoms with Crippen molar-refractivity contribution >= 4 is 17.7 Å². The third kappa shape index (κ3) is 2.49. The van der Waals surface area contributed by atoms with Crippen LogP contribution in [0.4, 0.5) is 5.95 Å². The van der Waals surface area contributed by atoms with Crippen molar-refractivity contribution in [3.63, 3.8) is 0 Å². The molecule has 0 atom stereocenters. The Morgan fingerprint density at radius 2 is 2.20 bits per heavy atom. The quantitative estimate of drug-likeness (QED) is 0.573. The van der Waals surface area contributed by atoms with Crippen molar-refractivity contribution in [2.45, 2.75) is 13.8 Å². The summed E-state index contributed by atoms with van der Waals surface area (Å²) in [5.74, 6) is -1.02. The third-order valence-corrected chi connectivity index (χ3v) is 1.64. The summed E-state index contributed by atoms with van der Waals surface area (Å²) in [5.41, 5.74) is 5.34. The van der Waals surface area contributed by atoms with Crippen LogP contribution >= 0.6 is 0 Å². The van der Waals surface area contributed by atoms with Gasteiger partial charge in [-0.25, -0.2) is 14.8 Å². The SMILES string of the molecule is CCOC(=O)c1cnc(N)nc1C(C)=O. The van der Waals surface area contributed by atoms with Crippen LogP contribution < -0.4 is 5.73 Å². The summed E-state index contributed by atoms with van der Waals surface area (Å²) >= 11 is 0. The van der Waals surface area contributed by atoms with Gasteiger partial charge in [0.25, 0.3) is 0 Å². The van der Waals surface area contributed by atoms with Gasteiger partial charge < -0.3 is 10.5 Å². The zero-order valence-corrected chi connectivity index (χ0v) is 8.48. The molecule has 0 amide bonds. The van der Waals surface area contributed by atoms with E-state index in [1.165, 1.54) is 13.1 Å². The second-order valence-corrected chi connectivity index (χ2v) is 2.77. The van der Waals surface area contributed by atoms with Gasteiger partial charge in [0.05, 0.1) is 6.61 Å². The topological polar surface area (TPSA) is 95.2 Å². The molecule has 0 aliphatic heterocycles. The molecule has 80 valence electrons. The lowest BCUT2D eigenvalue weighted by Gasteiger charge is -2.05. The Hall–Kier alpha value is -1.98. The molecular weight excluding hydrogens is 198 g/mol. The molecule has 0 aromatic carbocycles. The minimum atomic E-state index is -0.622. The van der Waals surface area contributed by atoms with Gasteiger partial charge in [0.2, 0.25) is 5.95 Å². The number of aromatic nitrogens is 2. The summed E-state index contributed by atoms with van der Waals surface area (Å²) in [6.45, 7) is 3.19. The molecule has 0 aliphatic carbocycles. The minimum Gasteiger partial charge on any atom is -0.462 e. The van der Waals surface area contributed by atoms with Crippen LogP contribution in [0.1, 0.15) is 34.7 Å². The van der Waals surface area contributed by atoms with Crippen molar-refractivity contribution in [2.24, 2.45) is 0 Å². The van der Waals surface area contributed by atoms with E-state index in [9.17, 15) is 9.59 Å². The van der Waals surface area contributed by atoms with E-state index in [2.05, 4.69) is 9.97 Å². The van der Waals surface area contributed by atoms with E-state index in [4.69, 9.17) is 10.5 Å². The predicted molar refractivity (Wildman–Crippen MR) is 52.4 cm³/mol. The van der Waals surface area contributed by atoms with Gasteiger partial charge in [0.1, 0.15) is 11.3 Å². The normalized spacial score (nSPS) is 9.73. The first-order valence-corrected chi connectivity index (χ1v) is 4.36. The van der Waals surface area contributed by atoms with E-state index >= 15 is 0 Å². The predicted octanol–water partition coefficient (Wildman–Crippen LogP) is 0.438. The maximum atomic E-state index is 11.4. The summed E-state index contributed by atoms with van der Waals surface area (Å²) in [4.78, 5) is 29.9. The monoisotopic (exact) mass is 209 g/mol. The molecule has 0 radical (unpaired) electrons. The van der Waals surface area contributed by atoms with Crippen LogP contribution in [0.25, 0.3) is 0 Å². The number of hydrogen-bond acceptors (Lipinski definition) is 6. The number of nitrogens with two attached hydrogens (primary N) is 1. The number of ketones is 1. The zero-order valence-electron chi connectivity index (χ0n) is 8.48. The third-order valence-electron chi connectivity index (χ3n) is 1.64. The van der Waals surface area contributed by atoms with Crippen molar-refractivity contribution in [3.05, 3.63) is 17.5 Å². The van der Waals surface area contributed by atoms with Gasteiger partial charge in [-0.15, -0.1) is 0 Å². The van der Waals surface area contributed by atoms with E-state index in [0.717, 1.165) is 0 Å². The Morgan fingerprint density at radius 3 is 2.73 bits per heavy atom. The molecule has 15 heavy (non-hydrogen) atoms. The average molecular weight is 209 g/mol. The van der Waals surface area contributed by atoms with Crippen LogP contribution in [0.15, 0.2) is 6.20 Å². The number of carbonyl (C=O) groups excluding carboxylic acids is 2. The van der Waals surface area contributed by atoms with Crippen LogP contribution in [0.3, 0.4) is 0 Å². The van der Waals surface area contributed by atoms with Gasteiger partial charge >= 0.3 is 5.97 Å². The van der Waals surface area contributed by atoms with E-state index < -0.39 is 5.97 Å². The summed E-state index contributed by atoms with van der Waals surface area (Å²) in [6, 6.07) is 0. The van der Waals surface area contributed by atoms with E-state index in [-0.39, 0.29) is 29.6 Å². The summed E-state index contributed by atoms with van der Waals surface area (Å²) < 4.78 is 4.75. The molecule has 0 fully saturated rings. The van der Waals surface area contributed by atoms with E-state index in [1.54, 1.807) is 6.92 Å². The Balaban J connectivity index is 3.17. The second-order valence-electron chi connectivity index (χ2n) is 2.77. The number of anilines is 1. The number of rotatable bonds is 3. The number of esters is 1. The largest absolute Gasteiger partial charge is 0.462 e. The Bertz CT molecular complexity index is 404. The van der Waals surface area contributed by atoms with Crippen molar-refractivity contribution in [1.82, 2.24) is 9.97 Å². The second kappa shape index (κ2) is 4.50. The maximum absolute atomic E-state index is 11.4. The highest BCUT2D eigenvalue weighted by Gasteiger charge is 2.17. The fraction of sp³-hybridized carbons (Fsp3) is 0.333. The van der Waals surface area contributed by atoms with Gasteiger partial charge in [-0.3, -0.25) is 4.79 Å². The highest BCUT2D eigenvalue weighted by Crippen LogP contribution is 2.09. The van der Waals surface area contributed by atoms with Crippen LogP contribution in [0.5, 0.6) is 0 Å². The molecular formula is C9H11N3O3. The van der Waals surface area contributed by atoms with E-state index in [0.29, 0.717) is 0 Å². The van der Waals surface area contributed by atoms with E-state index in [1.807, 2.05) is 0 Å². The first-order valence-electron chi connectivity index (χ1n) is 4.36. The standard InChI is InChI=1S/C9H11N3O3/c1-3-15-8(14)6-4-11-9(10)12-7(6)5(2)13/h4H,3H2,1-2H3,(H2,10,11,12). The number of ether oxygens (including phenoxy) is 1.